The lowest BCUT2D eigenvalue weighted by atomic mass is 9.99. The predicted octanol–water partition coefficient (Wildman–Crippen LogP) is 4.66. The van der Waals surface area contributed by atoms with E-state index in [1.165, 1.54) is 19.2 Å². The molecule has 1 aromatic heterocycles. The van der Waals surface area contributed by atoms with Gasteiger partial charge in [-0.1, -0.05) is 19.9 Å². The van der Waals surface area contributed by atoms with E-state index in [2.05, 4.69) is 4.98 Å². The van der Waals surface area contributed by atoms with Crippen LogP contribution in [0.3, 0.4) is 0 Å². The Morgan fingerprint density at radius 3 is 2.48 bits per heavy atom. The molecule has 1 aromatic carbocycles. The quantitative estimate of drug-likeness (QED) is 0.816. The van der Waals surface area contributed by atoms with Crippen molar-refractivity contribution in [2.45, 2.75) is 19.8 Å². The molecule has 4 heteroatoms. The lowest BCUT2D eigenvalue weighted by Gasteiger charge is -2.13. The van der Waals surface area contributed by atoms with Crippen LogP contribution in [0.1, 0.15) is 36.6 Å². The molecule has 0 amide bonds. The molecule has 110 valence electrons. The zero-order valence-electron chi connectivity index (χ0n) is 12.2. The van der Waals surface area contributed by atoms with E-state index in [4.69, 9.17) is 4.74 Å². The number of ether oxygens (including phenoxy) is 1. The lowest BCUT2D eigenvalue weighted by molar-refractivity contribution is 0.401. The van der Waals surface area contributed by atoms with Gasteiger partial charge in [0.2, 0.25) is 0 Å². The molecule has 0 fully saturated rings. The number of benzene rings is 1. The standard InChI is InChI=1S/C17H17F2NO/c1-11(2)17-15(19)8-12(9-16(17)21-3)4-6-14-7-5-13(18)10-20-14/h4-11H,1-3H3/b6-4+. The first kappa shape index (κ1) is 15.2. The van der Waals surface area contributed by atoms with Crippen molar-refractivity contribution < 1.29 is 13.5 Å². The van der Waals surface area contributed by atoms with Gasteiger partial charge in [0.1, 0.15) is 17.4 Å². The molecule has 0 atom stereocenters. The molecule has 2 rings (SSSR count). The van der Waals surface area contributed by atoms with Crippen LogP contribution in [0.2, 0.25) is 0 Å². The maximum absolute atomic E-state index is 14.1. The van der Waals surface area contributed by atoms with E-state index in [0.29, 0.717) is 22.6 Å². The largest absolute Gasteiger partial charge is 0.496 e. The van der Waals surface area contributed by atoms with E-state index in [-0.39, 0.29) is 17.6 Å². The summed E-state index contributed by atoms with van der Waals surface area (Å²) in [5.41, 5.74) is 1.83. The number of nitrogens with zero attached hydrogens (tertiary/aromatic N) is 1. The molecule has 0 aliphatic rings. The van der Waals surface area contributed by atoms with Gasteiger partial charge in [-0.3, -0.25) is 4.98 Å². The summed E-state index contributed by atoms with van der Waals surface area (Å²) >= 11 is 0. The number of rotatable bonds is 4. The van der Waals surface area contributed by atoms with Crippen LogP contribution in [0.5, 0.6) is 5.75 Å². The highest BCUT2D eigenvalue weighted by molar-refractivity contribution is 5.69. The van der Waals surface area contributed by atoms with Gasteiger partial charge in [-0.25, -0.2) is 8.78 Å². The molecule has 0 bridgehead atoms. The van der Waals surface area contributed by atoms with Gasteiger partial charge in [0.25, 0.3) is 0 Å². The minimum Gasteiger partial charge on any atom is -0.496 e. The summed E-state index contributed by atoms with van der Waals surface area (Å²) in [5, 5.41) is 0. The van der Waals surface area contributed by atoms with Crippen molar-refractivity contribution in [3.63, 3.8) is 0 Å². The van der Waals surface area contributed by atoms with E-state index in [0.717, 1.165) is 6.20 Å². The Balaban J connectivity index is 2.32. The molecule has 0 aliphatic heterocycles. The molecule has 0 N–H and O–H groups in total. The van der Waals surface area contributed by atoms with Crippen LogP contribution in [-0.2, 0) is 0 Å². The van der Waals surface area contributed by atoms with Crippen LogP contribution in [0.4, 0.5) is 8.78 Å². The molecular formula is C17H17F2NO. The fourth-order valence-electron chi connectivity index (χ4n) is 2.11. The zero-order valence-corrected chi connectivity index (χ0v) is 12.2. The summed E-state index contributed by atoms with van der Waals surface area (Å²) < 4.78 is 32.2. The highest BCUT2D eigenvalue weighted by Gasteiger charge is 2.14. The molecule has 0 saturated carbocycles. The van der Waals surface area contributed by atoms with Crippen molar-refractivity contribution in [3.05, 3.63) is 58.9 Å². The molecule has 0 radical (unpaired) electrons. The van der Waals surface area contributed by atoms with Gasteiger partial charge >= 0.3 is 0 Å². The summed E-state index contributed by atoms with van der Waals surface area (Å²) in [4.78, 5) is 3.92. The van der Waals surface area contributed by atoms with Gasteiger partial charge in [0.15, 0.2) is 0 Å². The second kappa shape index (κ2) is 6.48. The van der Waals surface area contributed by atoms with Gasteiger partial charge in [0.05, 0.1) is 19.0 Å². The summed E-state index contributed by atoms with van der Waals surface area (Å²) in [7, 11) is 1.52. The summed E-state index contributed by atoms with van der Waals surface area (Å²) in [5.74, 6) is -0.120. The van der Waals surface area contributed by atoms with Crippen LogP contribution in [0.15, 0.2) is 30.5 Å². The van der Waals surface area contributed by atoms with Crippen molar-refractivity contribution >= 4 is 12.2 Å². The van der Waals surface area contributed by atoms with Crippen LogP contribution in [-0.4, -0.2) is 12.1 Å². The molecule has 0 saturated heterocycles. The summed E-state index contributed by atoms with van der Waals surface area (Å²) in [6.45, 7) is 3.83. The summed E-state index contributed by atoms with van der Waals surface area (Å²) in [6.07, 6.45) is 4.56. The topological polar surface area (TPSA) is 22.1 Å². The molecular weight excluding hydrogens is 272 g/mol. The number of hydrogen-bond acceptors (Lipinski definition) is 2. The maximum atomic E-state index is 14.1. The minimum absolute atomic E-state index is 0.0387. The smallest absolute Gasteiger partial charge is 0.141 e. The normalized spacial score (nSPS) is 11.3. The fraction of sp³-hybridized carbons (Fsp3) is 0.235. The van der Waals surface area contributed by atoms with Gasteiger partial charge in [-0.15, -0.1) is 0 Å². The highest BCUT2D eigenvalue weighted by Crippen LogP contribution is 2.31. The third-order valence-electron chi connectivity index (χ3n) is 3.11. The van der Waals surface area contributed by atoms with Crippen molar-refractivity contribution in [1.29, 1.82) is 0 Å². The summed E-state index contributed by atoms with van der Waals surface area (Å²) in [6, 6.07) is 6.12. The highest BCUT2D eigenvalue weighted by atomic mass is 19.1. The average Bonchev–Trinajstić information content (AvgIpc) is 2.45. The van der Waals surface area contributed by atoms with Gasteiger partial charge < -0.3 is 4.74 Å². The zero-order chi connectivity index (χ0) is 15.4. The van der Waals surface area contributed by atoms with Crippen molar-refractivity contribution in [2.75, 3.05) is 7.11 Å². The molecule has 2 nitrogen and oxygen atoms in total. The second-order valence-corrected chi connectivity index (χ2v) is 5.01. The Bertz CT molecular complexity index is 649. The molecule has 21 heavy (non-hydrogen) atoms. The van der Waals surface area contributed by atoms with E-state index in [9.17, 15) is 8.78 Å². The molecule has 2 aromatic rings. The van der Waals surface area contributed by atoms with Crippen molar-refractivity contribution in [1.82, 2.24) is 4.98 Å². The van der Waals surface area contributed by atoms with Gasteiger partial charge in [0, 0.05) is 5.56 Å². The van der Waals surface area contributed by atoms with Crippen LogP contribution >= 0.6 is 0 Å². The third kappa shape index (κ3) is 3.66. The number of hydrogen-bond donors (Lipinski definition) is 0. The first-order chi connectivity index (χ1) is 10.0. The monoisotopic (exact) mass is 289 g/mol. The van der Waals surface area contributed by atoms with E-state index < -0.39 is 0 Å². The second-order valence-electron chi connectivity index (χ2n) is 5.01. The number of aromatic nitrogens is 1. The lowest BCUT2D eigenvalue weighted by Crippen LogP contribution is -1.99. The number of methoxy groups -OCH3 is 1. The number of halogens is 2. The van der Waals surface area contributed by atoms with Crippen molar-refractivity contribution in [3.8, 4) is 5.75 Å². The maximum Gasteiger partial charge on any atom is 0.141 e. The fourth-order valence-corrected chi connectivity index (χ4v) is 2.11. The molecule has 0 unspecified atom stereocenters. The van der Waals surface area contributed by atoms with E-state index >= 15 is 0 Å². The SMILES string of the molecule is COc1cc(/C=C/c2ccc(F)cn2)cc(F)c1C(C)C. The first-order valence-corrected chi connectivity index (χ1v) is 6.68. The van der Waals surface area contributed by atoms with Gasteiger partial charge in [-0.2, -0.15) is 0 Å². The van der Waals surface area contributed by atoms with Crippen LogP contribution < -0.4 is 4.74 Å². The molecule has 0 spiro atoms. The molecule has 0 aliphatic carbocycles. The Morgan fingerprint density at radius 2 is 1.90 bits per heavy atom. The third-order valence-corrected chi connectivity index (χ3v) is 3.11. The minimum atomic E-state index is -0.388. The Morgan fingerprint density at radius 1 is 1.14 bits per heavy atom. The van der Waals surface area contributed by atoms with Gasteiger partial charge in [-0.05, 0) is 41.8 Å². The Kier molecular flexibility index (Phi) is 4.68. The van der Waals surface area contributed by atoms with Crippen LogP contribution in [0, 0.1) is 11.6 Å². The van der Waals surface area contributed by atoms with E-state index in [1.807, 2.05) is 13.8 Å². The van der Waals surface area contributed by atoms with Crippen LogP contribution in [0.25, 0.3) is 12.2 Å². The Labute approximate surface area is 123 Å². The first-order valence-electron chi connectivity index (χ1n) is 6.68. The van der Waals surface area contributed by atoms with E-state index in [1.54, 1.807) is 24.3 Å². The Hall–Kier alpha value is -2.23. The number of pyridine rings is 1. The average molecular weight is 289 g/mol. The molecule has 1 heterocycles. The predicted molar refractivity (Wildman–Crippen MR) is 80.2 cm³/mol. The van der Waals surface area contributed by atoms with Crippen molar-refractivity contribution in [2.24, 2.45) is 0 Å².